The summed E-state index contributed by atoms with van der Waals surface area (Å²) in [4.78, 5) is 3.90. The van der Waals surface area contributed by atoms with Gasteiger partial charge in [-0.1, -0.05) is 0 Å². The summed E-state index contributed by atoms with van der Waals surface area (Å²) in [7, 11) is 0. The molecule has 17 heavy (non-hydrogen) atoms. The Bertz CT molecular complexity index is 426. The second kappa shape index (κ2) is 6.00. The summed E-state index contributed by atoms with van der Waals surface area (Å²) in [6.45, 7) is 3.86. The zero-order valence-electron chi connectivity index (χ0n) is 9.74. The van der Waals surface area contributed by atoms with Gasteiger partial charge in [0.15, 0.2) is 0 Å². The van der Waals surface area contributed by atoms with E-state index in [1.165, 1.54) is 6.33 Å². The van der Waals surface area contributed by atoms with E-state index >= 15 is 0 Å². The normalized spacial score (nSPS) is 10.4. The van der Waals surface area contributed by atoms with E-state index in [0.717, 1.165) is 11.4 Å². The Kier molecular flexibility index (Phi) is 4.10. The molecule has 2 aromatic rings. The molecule has 1 aromatic carbocycles. The van der Waals surface area contributed by atoms with E-state index in [0.29, 0.717) is 19.8 Å². The van der Waals surface area contributed by atoms with Gasteiger partial charge in [-0.25, -0.2) is 9.67 Å². The zero-order valence-corrected chi connectivity index (χ0v) is 9.74. The number of rotatable bonds is 6. The molecule has 1 aromatic heterocycles. The maximum Gasteiger partial charge on any atom is 0.138 e. The van der Waals surface area contributed by atoms with Crippen LogP contribution in [-0.4, -0.2) is 34.6 Å². The van der Waals surface area contributed by atoms with Crippen molar-refractivity contribution in [1.29, 1.82) is 0 Å². The molecule has 0 aliphatic rings. The van der Waals surface area contributed by atoms with Gasteiger partial charge in [0, 0.05) is 6.61 Å². The van der Waals surface area contributed by atoms with Crippen LogP contribution in [0.5, 0.6) is 5.75 Å². The smallest absolute Gasteiger partial charge is 0.138 e. The van der Waals surface area contributed by atoms with Gasteiger partial charge < -0.3 is 9.47 Å². The highest BCUT2D eigenvalue weighted by Crippen LogP contribution is 2.14. The van der Waals surface area contributed by atoms with Crippen LogP contribution in [0.25, 0.3) is 5.69 Å². The molecule has 0 saturated carbocycles. The molecule has 0 unspecified atom stereocenters. The minimum atomic E-state index is 0.566. The Morgan fingerprint density at radius 3 is 2.65 bits per heavy atom. The van der Waals surface area contributed by atoms with Gasteiger partial charge >= 0.3 is 0 Å². The summed E-state index contributed by atoms with van der Waals surface area (Å²) in [6, 6.07) is 7.68. The van der Waals surface area contributed by atoms with E-state index in [1.54, 1.807) is 11.0 Å². The molecule has 5 heteroatoms. The first-order valence-electron chi connectivity index (χ1n) is 5.56. The quantitative estimate of drug-likeness (QED) is 0.712. The van der Waals surface area contributed by atoms with Crippen molar-refractivity contribution in [2.45, 2.75) is 6.92 Å². The summed E-state index contributed by atoms with van der Waals surface area (Å²) in [5.74, 6) is 0.827. The van der Waals surface area contributed by atoms with Crippen molar-refractivity contribution < 1.29 is 9.47 Å². The number of hydrogen-bond donors (Lipinski definition) is 0. The van der Waals surface area contributed by atoms with Crippen molar-refractivity contribution in [2.24, 2.45) is 0 Å². The summed E-state index contributed by atoms with van der Waals surface area (Å²) in [5, 5.41) is 4.05. The summed E-state index contributed by atoms with van der Waals surface area (Å²) < 4.78 is 12.4. The molecule has 0 aliphatic carbocycles. The van der Waals surface area contributed by atoms with Crippen LogP contribution in [0, 0.1) is 0 Å². The number of hydrogen-bond acceptors (Lipinski definition) is 4. The van der Waals surface area contributed by atoms with Gasteiger partial charge in [-0.2, -0.15) is 5.10 Å². The second-order valence-electron chi connectivity index (χ2n) is 3.38. The van der Waals surface area contributed by atoms with E-state index in [4.69, 9.17) is 9.47 Å². The van der Waals surface area contributed by atoms with Gasteiger partial charge in [-0.15, -0.1) is 0 Å². The zero-order chi connectivity index (χ0) is 11.9. The fraction of sp³-hybridized carbons (Fsp3) is 0.333. The van der Waals surface area contributed by atoms with Crippen LogP contribution in [0.3, 0.4) is 0 Å². The predicted octanol–water partition coefficient (Wildman–Crippen LogP) is 1.68. The van der Waals surface area contributed by atoms with Crippen molar-refractivity contribution in [1.82, 2.24) is 14.8 Å². The lowest BCUT2D eigenvalue weighted by molar-refractivity contribution is 0.110. The maximum atomic E-state index is 5.51. The van der Waals surface area contributed by atoms with Crippen LogP contribution in [0.4, 0.5) is 0 Å². The first kappa shape index (κ1) is 11.6. The average molecular weight is 233 g/mol. The van der Waals surface area contributed by atoms with Crippen LogP contribution in [0.2, 0.25) is 0 Å². The molecule has 90 valence electrons. The van der Waals surface area contributed by atoms with E-state index in [9.17, 15) is 0 Å². The van der Waals surface area contributed by atoms with Crippen LogP contribution >= 0.6 is 0 Å². The lowest BCUT2D eigenvalue weighted by atomic mass is 10.3. The van der Waals surface area contributed by atoms with Gasteiger partial charge in [0.25, 0.3) is 0 Å². The summed E-state index contributed by atoms with van der Waals surface area (Å²) in [6.07, 6.45) is 3.16. The Labute approximate surface area is 100 Å². The standard InChI is InChI=1S/C12H15N3O2/c1-2-16-7-8-17-12-5-3-11(4-6-12)15-10-13-9-14-15/h3-6,9-10H,2,7-8H2,1H3. The van der Waals surface area contributed by atoms with Crippen LogP contribution in [0.1, 0.15) is 6.92 Å². The number of aromatic nitrogens is 3. The molecule has 0 amide bonds. The third-order valence-corrected chi connectivity index (χ3v) is 2.22. The minimum Gasteiger partial charge on any atom is -0.491 e. The van der Waals surface area contributed by atoms with Gasteiger partial charge in [0.1, 0.15) is 25.0 Å². The van der Waals surface area contributed by atoms with E-state index in [1.807, 2.05) is 31.2 Å². The topological polar surface area (TPSA) is 49.2 Å². The first-order chi connectivity index (χ1) is 8.40. The molecule has 0 spiro atoms. The lowest BCUT2D eigenvalue weighted by Crippen LogP contribution is -2.06. The highest BCUT2D eigenvalue weighted by Gasteiger charge is 1.98. The number of nitrogens with zero attached hydrogens (tertiary/aromatic N) is 3. The molecular weight excluding hydrogens is 218 g/mol. The molecule has 0 saturated heterocycles. The van der Waals surface area contributed by atoms with Gasteiger partial charge in [-0.3, -0.25) is 0 Å². The largest absolute Gasteiger partial charge is 0.491 e. The van der Waals surface area contributed by atoms with Crippen molar-refractivity contribution in [2.75, 3.05) is 19.8 Å². The average Bonchev–Trinajstić information content (AvgIpc) is 2.89. The molecular formula is C12H15N3O2. The number of benzene rings is 1. The third kappa shape index (κ3) is 3.29. The van der Waals surface area contributed by atoms with Crippen LogP contribution in [-0.2, 0) is 4.74 Å². The molecule has 0 bridgehead atoms. The van der Waals surface area contributed by atoms with Crippen LogP contribution < -0.4 is 4.74 Å². The molecule has 0 aliphatic heterocycles. The summed E-state index contributed by atoms with van der Waals surface area (Å²) in [5.41, 5.74) is 0.958. The molecule has 5 nitrogen and oxygen atoms in total. The molecule has 0 N–H and O–H groups in total. The van der Waals surface area contributed by atoms with Gasteiger partial charge in [0.05, 0.1) is 12.3 Å². The fourth-order valence-corrected chi connectivity index (χ4v) is 1.40. The summed E-state index contributed by atoms with van der Waals surface area (Å²) >= 11 is 0. The molecule has 0 atom stereocenters. The molecule has 2 rings (SSSR count). The Morgan fingerprint density at radius 1 is 1.18 bits per heavy atom. The van der Waals surface area contributed by atoms with E-state index in [-0.39, 0.29) is 0 Å². The van der Waals surface area contributed by atoms with Crippen molar-refractivity contribution in [3.05, 3.63) is 36.9 Å². The van der Waals surface area contributed by atoms with Gasteiger partial charge in [0.2, 0.25) is 0 Å². The SMILES string of the molecule is CCOCCOc1ccc(-n2cncn2)cc1. The Balaban J connectivity index is 1.90. The molecule has 0 fully saturated rings. The fourth-order valence-electron chi connectivity index (χ4n) is 1.40. The first-order valence-corrected chi connectivity index (χ1v) is 5.56. The Hall–Kier alpha value is -1.88. The van der Waals surface area contributed by atoms with Crippen molar-refractivity contribution in [3.8, 4) is 11.4 Å². The van der Waals surface area contributed by atoms with E-state index < -0.39 is 0 Å². The molecule has 0 radical (unpaired) electrons. The Morgan fingerprint density at radius 2 is 2.00 bits per heavy atom. The van der Waals surface area contributed by atoms with Crippen molar-refractivity contribution >= 4 is 0 Å². The van der Waals surface area contributed by atoms with Crippen LogP contribution in [0.15, 0.2) is 36.9 Å². The minimum absolute atomic E-state index is 0.566. The van der Waals surface area contributed by atoms with E-state index in [2.05, 4.69) is 10.1 Å². The monoisotopic (exact) mass is 233 g/mol. The maximum absolute atomic E-state index is 5.51. The van der Waals surface area contributed by atoms with Gasteiger partial charge in [-0.05, 0) is 31.2 Å². The third-order valence-electron chi connectivity index (χ3n) is 2.22. The second-order valence-corrected chi connectivity index (χ2v) is 3.38. The highest BCUT2D eigenvalue weighted by molar-refractivity contribution is 5.36. The predicted molar refractivity (Wildman–Crippen MR) is 63.3 cm³/mol. The number of ether oxygens (including phenoxy) is 2. The highest BCUT2D eigenvalue weighted by atomic mass is 16.5. The lowest BCUT2D eigenvalue weighted by Gasteiger charge is -2.07. The van der Waals surface area contributed by atoms with Crippen molar-refractivity contribution in [3.63, 3.8) is 0 Å². The molecule has 1 heterocycles.